The second kappa shape index (κ2) is 9.75. The van der Waals surface area contributed by atoms with E-state index in [2.05, 4.69) is 28.2 Å². The standard InChI is InChI=1S/C23H26BrNO2/c1-2-3-4-5-6-9-16-25-21-19-10-7-8-11-20(19)27-23(21)22(26)17-12-14-18(24)15-13-17/h7-8,10-15,25H,2-6,9,16H2,1H3. The van der Waals surface area contributed by atoms with Crippen LogP contribution < -0.4 is 5.32 Å². The van der Waals surface area contributed by atoms with Crippen LogP contribution in [0.25, 0.3) is 11.0 Å². The summed E-state index contributed by atoms with van der Waals surface area (Å²) in [5.41, 5.74) is 2.18. The number of hydrogen-bond acceptors (Lipinski definition) is 3. The van der Waals surface area contributed by atoms with Gasteiger partial charge < -0.3 is 9.73 Å². The van der Waals surface area contributed by atoms with Gasteiger partial charge in [-0.25, -0.2) is 0 Å². The van der Waals surface area contributed by atoms with E-state index in [1.54, 1.807) is 0 Å². The summed E-state index contributed by atoms with van der Waals surface area (Å²) in [7, 11) is 0. The van der Waals surface area contributed by atoms with Crippen LogP contribution in [0, 0.1) is 0 Å². The maximum absolute atomic E-state index is 13.0. The van der Waals surface area contributed by atoms with Gasteiger partial charge in [0, 0.05) is 22.0 Å². The largest absolute Gasteiger partial charge is 0.450 e. The van der Waals surface area contributed by atoms with Gasteiger partial charge in [0.15, 0.2) is 5.76 Å². The lowest BCUT2D eigenvalue weighted by Crippen LogP contribution is -2.07. The number of anilines is 1. The zero-order valence-corrected chi connectivity index (χ0v) is 17.3. The Morgan fingerprint density at radius 1 is 0.963 bits per heavy atom. The molecule has 3 nitrogen and oxygen atoms in total. The molecule has 0 radical (unpaired) electrons. The van der Waals surface area contributed by atoms with Crippen molar-refractivity contribution in [1.82, 2.24) is 0 Å². The molecule has 0 aliphatic carbocycles. The Labute approximate surface area is 169 Å². The maximum Gasteiger partial charge on any atom is 0.230 e. The van der Waals surface area contributed by atoms with Crippen molar-refractivity contribution in [3.63, 3.8) is 0 Å². The topological polar surface area (TPSA) is 42.2 Å². The number of halogens is 1. The van der Waals surface area contributed by atoms with Crippen molar-refractivity contribution in [1.29, 1.82) is 0 Å². The molecule has 0 amide bonds. The first-order valence-corrected chi connectivity index (χ1v) is 10.6. The lowest BCUT2D eigenvalue weighted by molar-refractivity contribution is 0.101. The van der Waals surface area contributed by atoms with Crippen molar-refractivity contribution >= 4 is 38.4 Å². The number of nitrogens with one attached hydrogen (secondary N) is 1. The van der Waals surface area contributed by atoms with Crippen LogP contribution in [0.2, 0.25) is 0 Å². The number of carbonyl (C=O) groups excluding carboxylic acids is 1. The first-order valence-electron chi connectivity index (χ1n) is 9.76. The fourth-order valence-electron chi connectivity index (χ4n) is 3.23. The highest BCUT2D eigenvalue weighted by atomic mass is 79.9. The molecule has 4 heteroatoms. The minimum Gasteiger partial charge on any atom is -0.450 e. The lowest BCUT2D eigenvalue weighted by atomic mass is 10.1. The summed E-state index contributed by atoms with van der Waals surface area (Å²) in [6.07, 6.45) is 7.45. The number of benzene rings is 2. The van der Waals surface area contributed by atoms with Gasteiger partial charge in [0.2, 0.25) is 5.78 Å². The van der Waals surface area contributed by atoms with Crippen LogP contribution in [-0.4, -0.2) is 12.3 Å². The number of rotatable bonds is 10. The van der Waals surface area contributed by atoms with Crippen LogP contribution in [-0.2, 0) is 0 Å². The van der Waals surface area contributed by atoms with E-state index in [4.69, 9.17) is 4.42 Å². The molecule has 1 N–H and O–H groups in total. The Hall–Kier alpha value is -2.07. The normalized spacial score (nSPS) is 11.0. The van der Waals surface area contributed by atoms with E-state index in [-0.39, 0.29) is 5.78 Å². The molecule has 3 rings (SSSR count). The molecule has 3 aromatic rings. The predicted octanol–water partition coefficient (Wildman–Crippen LogP) is 7.20. The molecule has 0 unspecified atom stereocenters. The Morgan fingerprint density at radius 3 is 2.44 bits per heavy atom. The van der Waals surface area contributed by atoms with Crippen molar-refractivity contribution in [2.24, 2.45) is 0 Å². The van der Waals surface area contributed by atoms with Crippen molar-refractivity contribution in [3.8, 4) is 0 Å². The third-order valence-corrected chi connectivity index (χ3v) is 5.27. The van der Waals surface area contributed by atoms with E-state index in [0.717, 1.165) is 34.1 Å². The van der Waals surface area contributed by atoms with E-state index >= 15 is 0 Å². The first-order chi connectivity index (χ1) is 13.2. The summed E-state index contributed by atoms with van der Waals surface area (Å²) in [4.78, 5) is 13.0. The predicted molar refractivity (Wildman–Crippen MR) is 116 cm³/mol. The van der Waals surface area contributed by atoms with Gasteiger partial charge in [-0.2, -0.15) is 0 Å². The molecule has 0 atom stereocenters. The zero-order valence-electron chi connectivity index (χ0n) is 15.8. The molecule has 0 fully saturated rings. The van der Waals surface area contributed by atoms with Gasteiger partial charge in [0.1, 0.15) is 5.58 Å². The summed E-state index contributed by atoms with van der Waals surface area (Å²) in [6.45, 7) is 3.08. The van der Waals surface area contributed by atoms with Crippen molar-refractivity contribution in [2.45, 2.75) is 45.4 Å². The van der Waals surface area contributed by atoms with Crippen LogP contribution in [0.3, 0.4) is 0 Å². The minimum atomic E-state index is -0.0934. The fourth-order valence-corrected chi connectivity index (χ4v) is 3.50. The number of para-hydroxylation sites is 1. The average Bonchev–Trinajstić information content (AvgIpc) is 3.06. The van der Waals surface area contributed by atoms with Crippen LogP contribution in [0.5, 0.6) is 0 Å². The molecule has 1 aromatic heterocycles. The van der Waals surface area contributed by atoms with Crippen LogP contribution in [0.15, 0.2) is 57.4 Å². The third kappa shape index (κ3) is 5.01. The van der Waals surface area contributed by atoms with Crippen molar-refractivity contribution < 1.29 is 9.21 Å². The van der Waals surface area contributed by atoms with E-state index < -0.39 is 0 Å². The zero-order chi connectivity index (χ0) is 19.1. The second-order valence-electron chi connectivity index (χ2n) is 6.83. The van der Waals surface area contributed by atoms with E-state index in [9.17, 15) is 4.79 Å². The highest BCUT2D eigenvalue weighted by molar-refractivity contribution is 9.10. The van der Waals surface area contributed by atoms with Gasteiger partial charge in [0.05, 0.1) is 5.69 Å². The summed E-state index contributed by atoms with van der Waals surface area (Å²) >= 11 is 3.41. The average molecular weight is 428 g/mol. The SMILES string of the molecule is CCCCCCCCNc1c(C(=O)c2ccc(Br)cc2)oc2ccccc12. The number of unbranched alkanes of at least 4 members (excludes halogenated alkanes) is 5. The molecular weight excluding hydrogens is 402 g/mol. The van der Waals surface area contributed by atoms with Crippen molar-refractivity contribution in [2.75, 3.05) is 11.9 Å². The molecule has 142 valence electrons. The Morgan fingerprint density at radius 2 is 1.67 bits per heavy atom. The highest BCUT2D eigenvalue weighted by Gasteiger charge is 2.21. The molecule has 0 saturated carbocycles. The van der Waals surface area contributed by atoms with Gasteiger partial charge in [-0.3, -0.25) is 4.79 Å². The quantitative estimate of drug-likeness (QED) is 0.274. The first kappa shape index (κ1) is 19.7. The number of furan rings is 1. The summed E-state index contributed by atoms with van der Waals surface area (Å²) in [6, 6.07) is 15.2. The van der Waals surface area contributed by atoms with Crippen molar-refractivity contribution in [3.05, 3.63) is 64.3 Å². The van der Waals surface area contributed by atoms with E-state index in [0.29, 0.717) is 11.3 Å². The maximum atomic E-state index is 13.0. The lowest BCUT2D eigenvalue weighted by Gasteiger charge is -2.07. The molecule has 27 heavy (non-hydrogen) atoms. The smallest absolute Gasteiger partial charge is 0.230 e. The molecule has 1 heterocycles. The molecule has 0 spiro atoms. The van der Waals surface area contributed by atoms with E-state index in [1.807, 2.05) is 48.5 Å². The van der Waals surface area contributed by atoms with Crippen LogP contribution >= 0.6 is 15.9 Å². The number of fused-ring (bicyclic) bond motifs is 1. The second-order valence-corrected chi connectivity index (χ2v) is 7.75. The number of hydrogen-bond donors (Lipinski definition) is 1. The van der Waals surface area contributed by atoms with Gasteiger partial charge in [-0.05, 0) is 42.8 Å². The highest BCUT2D eigenvalue weighted by Crippen LogP contribution is 2.32. The van der Waals surface area contributed by atoms with E-state index in [1.165, 1.54) is 32.1 Å². The van der Waals surface area contributed by atoms with Gasteiger partial charge in [0.25, 0.3) is 0 Å². The number of carbonyl (C=O) groups is 1. The molecule has 0 bridgehead atoms. The van der Waals surface area contributed by atoms with Gasteiger partial charge in [-0.15, -0.1) is 0 Å². The third-order valence-electron chi connectivity index (χ3n) is 4.74. The molecule has 0 aliphatic heterocycles. The summed E-state index contributed by atoms with van der Waals surface area (Å²) in [5, 5.41) is 4.43. The minimum absolute atomic E-state index is 0.0934. The number of ketones is 1. The molecule has 2 aromatic carbocycles. The Kier molecular flexibility index (Phi) is 7.11. The summed E-state index contributed by atoms with van der Waals surface area (Å²) in [5.74, 6) is 0.300. The molecular formula is C23H26BrNO2. The summed E-state index contributed by atoms with van der Waals surface area (Å²) < 4.78 is 6.88. The fraction of sp³-hybridized carbons (Fsp3) is 0.348. The molecule has 0 aliphatic rings. The van der Waals surface area contributed by atoms with Gasteiger partial charge in [-0.1, -0.05) is 67.1 Å². The van der Waals surface area contributed by atoms with Crippen LogP contribution in [0.4, 0.5) is 5.69 Å². The molecule has 0 saturated heterocycles. The Bertz CT molecular complexity index is 883. The van der Waals surface area contributed by atoms with Crippen LogP contribution in [0.1, 0.15) is 61.6 Å². The van der Waals surface area contributed by atoms with Gasteiger partial charge >= 0.3 is 0 Å². The Balaban J connectivity index is 1.75. The monoisotopic (exact) mass is 427 g/mol.